The molecule has 3 nitrogen and oxygen atoms in total. The summed E-state index contributed by atoms with van der Waals surface area (Å²) in [6.45, 7) is 5.41. The Kier molecular flexibility index (Phi) is 4.37. The average Bonchev–Trinajstić information content (AvgIpc) is 2.89. The molecule has 2 rings (SSSR count). The second-order valence-corrected chi connectivity index (χ2v) is 5.01. The van der Waals surface area contributed by atoms with Crippen LogP contribution in [0.25, 0.3) is 0 Å². The summed E-state index contributed by atoms with van der Waals surface area (Å²) in [6.07, 6.45) is 2.13. The maximum absolute atomic E-state index is 11.8. The lowest BCUT2D eigenvalue weighted by molar-refractivity contribution is 0.0161. The Labute approximate surface area is 108 Å². The summed E-state index contributed by atoms with van der Waals surface area (Å²) in [7, 11) is 0. The third-order valence-electron chi connectivity index (χ3n) is 3.24. The first-order chi connectivity index (χ1) is 8.66. The highest BCUT2D eigenvalue weighted by Crippen LogP contribution is 2.16. The zero-order valence-electron chi connectivity index (χ0n) is 11.0. The zero-order chi connectivity index (χ0) is 13.0. The molecule has 1 aromatic carbocycles. The van der Waals surface area contributed by atoms with Crippen LogP contribution < -0.4 is 0 Å². The van der Waals surface area contributed by atoms with Gasteiger partial charge in [0.25, 0.3) is 0 Å². The zero-order valence-corrected chi connectivity index (χ0v) is 11.0. The van der Waals surface area contributed by atoms with Crippen LogP contribution in [0.5, 0.6) is 0 Å². The van der Waals surface area contributed by atoms with E-state index in [2.05, 4.69) is 13.8 Å². The molecule has 1 fully saturated rings. The summed E-state index contributed by atoms with van der Waals surface area (Å²) < 4.78 is 10.7. The van der Waals surface area contributed by atoms with Crippen molar-refractivity contribution in [1.82, 2.24) is 0 Å². The first-order valence-electron chi connectivity index (χ1n) is 6.55. The molecule has 1 atom stereocenters. The normalized spacial score (nSPS) is 19.2. The Morgan fingerprint density at radius 3 is 2.67 bits per heavy atom. The van der Waals surface area contributed by atoms with Crippen molar-refractivity contribution in [2.75, 3.05) is 13.2 Å². The van der Waals surface area contributed by atoms with Crippen LogP contribution in [0.3, 0.4) is 0 Å². The molecule has 0 bridgehead atoms. The number of hydrogen-bond donors (Lipinski definition) is 0. The van der Waals surface area contributed by atoms with Crippen molar-refractivity contribution in [1.29, 1.82) is 0 Å². The van der Waals surface area contributed by atoms with E-state index in [1.165, 1.54) is 5.56 Å². The van der Waals surface area contributed by atoms with Crippen LogP contribution in [0, 0.1) is 0 Å². The Bertz CT molecular complexity index is 389. The second-order valence-electron chi connectivity index (χ2n) is 5.01. The molecule has 0 N–H and O–H groups in total. The van der Waals surface area contributed by atoms with Crippen molar-refractivity contribution in [3.8, 4) is 0 Å². The van der Waals surface area contributed by atoms with Gasteiger partial charge in [-0.15, -0.1) is 0 Å². The maximum atomic E-state index is 11.8. The molecular weight excluding hydrogens is 228 g/mol. The highest BCUT2D eigenvalue weighted by atomic mass is 16.6. The Morgan fingerprint density at radius 2 is 2.11 bits per heavy atom. The van der Waals surface area contributed by atoms with Crippen LogP contribution >= 0.6 is 0 Å². The SMILES string of the molecule is CC(C)c1ccc(C(=O)OCC2CCCO2)cc1. The fourth-order valence-corrected chi connectivity index (χ4v) is 2.03. The predicted molar refractivity (Wildman–Crippen MR) is 69.8 cm³/mol. The van der Waals surface area contributed by atoms with E-state index < -0.39 is 0 Å². The van der Waals surface area contributed by atoms with Gasteiger partial charge in [-0.25, -0.2) is 4.79 Å². The molecule has 0 radical (unpaired) electrons. The smallest absolute Gasteiger partial charge is 0.338 e. The van der Waals surface area contributed by atoms with Crippen molar-refractivity contribution in [3.05, 3.63) is 35.4 Å². The van der Waals surface area contributed by atoms with Crippen molar-refractivity contribution >= 4 is 5.97 Å². The first-order valence-corrected chi connectivity index (χ1v) is 6.55. The molecule has 0 saturated carbocycles. The van der Waals surface area contributed by atoms with Gasteiger partial charge in [0.05, 0.1) is 11.7 Å². The first kappa shape index (κ1) is 13.1. The van der Waals surface area contributed by atoms with E-state index in [4.69, 9.17) is 9.47 Å². The number of ether oxygens (including phenoxy) is 2. The van der Waals surface area contributed by atoms with Crippen LogP contribution in [-0.4, -0.2) is 25.3 Å². The van der Waals surface area contributed by atoms with Crippen molar-refractivity contribution in [2.24, 2.45) is 0 Å². The van der Waals surface area contributed by atoms with E-state index in [9.17, 15) is 4.79 Å². The fraction of sp³-hybridized carbons (Fsp3) is 0.533. The molecule has 1 heterocycles. The third kappa shape index (κ3) is 3.33. The standard InChI is InChI=1S/C15H20O3/c1-11(2)12-5-7-13(8-6-12)15(16)18-10-14-4-3-9-17-14/h5-8,11,14H,3-4,9-10H2,1-2H3. The summed E-state index contributed by atoms with van der Waals surface area (Å²) in [5, 5.41) is 0. The predicted octanol–water partition coefficient (Wildman–Crippen LogP) is 3.15. The van der Waals surface area contributed by atoms with Crippen molar-refractivity contribution in [3.63, 3.8) is 0 Å². The summed E-state index contributed by atoms with van der Waals surface area (Å²) in [6, 6.07) is 7.61. The van der Waals surface area contributed by atoms with E-state index in [1.54, 1.807) is 0 Å². The van der Waals surface area contributed by atoms with Gasteiger partial charge in [-0.1, -0.05) is 26.0 Å². The van der Waals surface area contributed by atoms with E-state index in [0.717, 1.165) is 19.4 Å². The number of carbonyl (C=O) groups is 1. The molecule has 1 aliphatic heterocycles. The second kappa shape index (κ2) is 6.01. The Hall–Kier alpha value is -1.35. The van der Waals surface area contributed by atoms with E-state index in [-0.39, 0.29) is 12.1 Å². The molecule has 0 aromatic heterocycles. The summed E-state index contributed by atoms with van der Waals surface area (Å²) in [5.74, 6) is 0.211. The molecule has 1 aliphatic rings. The maximum Gasteiger partial charge on any atom is 0.338 e. The number of esters is 1. The average molecular weight is 248 g/mol. The van der Waals surface area contributed by atoms with Gasteiger partial charge >= 0.3 is 5.97 Å². The minimum absolute atomic E-state index is 0.0869. The summed E-state index contributed by atoms with van der Waals surface area (Å²) in [4.78, 5) is 11.8. The number of carbonyl (C=O) groups excluding carboxylic acids is 1. The van der Waals surface area contributed by atoms with Gasteiger partial charge in [0.1, 0.15) is 6.61 Å². The summed E-state index contributed by atoms with van der Waals surface area (Å²) >= 11 is 0. The van der Waals surface area contributed by atoms with Crippen LogP contribution in [-0.2, 0) is 9.47 Å². The van der Waals surface area contributed by atoms with Crippen molar-refractivity contribution < 1.29 is 14.3 Å². The number of benzene rings is 1. The lowest BCUT2D eigenvalue weighted by Gasteiger charge is -2.11. The molecule has 98 valence electrons. The Morgan fingerprint density at radius 1 is 1.39 bits per heavy atom. The van der Waals surface area contributed by atoms with Gasteiger partial charge in [0, 0.05) is 6.61 Å². The molecule has 1 unspecified atom stereocenters. The van der Waals surface area contributed by atoms with E-state index in [1.807, 2.05) is 24.3 Å². The fourth-order valence-electron chi connectivity index (χ4n) is 2.03. The number of rotatable bonds is 4. The monoisotopic (exact) mass is 248 g/mol. The third-order valence-corrected chi connectivity index (χ3v) is 3.24. The highest BCUT2D eigenvalue weighted by Gasteiger charge is 2.18. The quantitative estimate of drug-likeness (QED) is 0.768. The van der Waals surface area contributed by atoms with Gasteiger partial charge in [-0.05, 0) is 36.5 Å². The van der Waals surface area contributed by atoms with Crippen LogP contribution in [0.1, 0.15) is 48.5 Å². The van der Waals surface area contributed by atoms with Gasteiger partial charge in [-0.3, -0.25) is 0 Å². The molecular formula is C15H20O3. The largest absolute Gasteiger partial charge is 0.459 e. The lowest BCUT2D eigenvalue weighted by atomic mass is 10.0. The molecule has 1 saturated heterocycles. The van der Waals surface area contributed by atoms with Gasteiger partial charge in [0.15, 0.2) is 0 Å². The molecule has 3 heteroatoms. The number of hydrogen-bond acceptors (Lipinski definition) is 3. The molecule has 1 aromatic rings. The molecule has 18 heavy (non-hydrogen) atoms. The minimum atomic E-state index is -0.263. The van der Waals surface area contributed by atoms with E-state index in [0.29, 0.717) is 18.1 Å². The van der Waals surface area contributed by atoms with Crippen LogP contribution in [0.4, 0.5) is 0 Å². The molecule has 0 spiro atoms. The molecule has 0 amide bonds. The van der Waals surface area contributed by atoms with E-state index >= 15 is 0 Å². The highest BCUT2D eigenvalue weighted by molar-refractivity contribution is 5.89. The summed E-state index contributed by atoms with van der Waals surface area (Å²) in [5.41, 5.74) is 1.84. The lowest BCUT2D eigenvalue weighted by Crippen LogP contribution is -2.17. The van der Waals surface area contributed by atoms with Gasteiger partial charge in [-0.2, -0.15) is 0 Å². The van der Waals surface area contributed by atoms with Crippen LogP contribution in [0.2, 0.25) is 0 Å². The topological polar surface area (TPSA) is 35.5 Å². The van der Waals surface area contributed by atoms with Gasteiger partial charge in [0.2, 0.25) is 0 Å². The van der Waals surface area contributed by atoms with Crippen molar-refractivity contribution in [2.45, 2.75) is 38.7 Å². The Balaban J connectivity index is 1.87. The van der Waals surface area contributed by atoms with Crippen LogP contribution in [0.15, 0.2) is 24.3 Å². The van der Waals surface area contributed by atoms with Gasteiger partial charge < -0.3 is 9.47 Å². The minimum Gasteiger partial charge on any atom is -0.459 e. The molecule has 0 aliphatic carbocycles.